The van der Waals surface area contributed by atoms with Crippen LogP contribution in [0.4, 0.5) is 0 Å². The van der Waals surface area contributed by atoms with Crippen molar-refractivity contribution in [3.63, 3.8) is 0 Å². The van der Waals surface area contributed by atoms with Gasteiger partial charge in [-0.2, -0.15) is 0 Å². The minimum atomic E-state index is 0.445. The molecule has 0 aliphatic carbocycles. The fourth-order valence-electron chi connectivity index (χ4n) is 3.17. The summed E-state index contributed by atoms with van der Waals surface area (Å²) in [6.07, 6.45) is 4.72. The maximum Gasteiger partial charge on any atom is 0.191 e. The van der Waals surface area contributed by atoms with Crippen LogP contribution in [0.1, 0.15) is 44.8 Å². The van der Waals surface area contributed by atoms with Gasteiger partial charge in [-0.1, -0.05) is 31.5 Å². The van der Waals surface area contributed by atoms with E-state index in [-0.39, 0.29) is 0 Å². The van der Waals surface area contributed by atoms with Gasteiger partial charge < -0.3 is 15.2 Å². The number of benzene rings is 1. The number of aromatic nitrogens is 3. The van der Waals surface area contributed by atoms with Crippen molar-refractivity contribution in [2.45, 2.75) is 62.8 Å². The average Bonchev–Trinajstić information content (AvgIpc) is 2.91. The summed E-state index contributed by atoms with van der Waals surface area (Å²) in [7, 11) is 0. The van der Waals surface area contributed by atoms with Crippen LogP contribution in [-0.4, -0.2) is 39.1 Å². The lowest BCUT2D eigenvalue weighted by atomic mass is 10.2. The SMILES string of the molecule is CCNC(=NCc1nnc2n1CCCCC2)NCC(C)Sc1ccccc1. The molecule has 1 unspecified atom stereocenters. The highest BCUT2D eigenvalue weighted by Crippen LogP contribution is 2.21. The molecule has 2 aromatic rings. The monoisotopic (exact) mass is 386 g/mol. The van der Waals surface area contributed by atoms with Gasteiger partial charge in [0.2, 0.25) is 0 Å². The lowest BCUT2D eigenvalue weighted by Crippen LogP contribution is -2.40. The van der Waals surface area contributed by atoms with Crippen molar-refractivity contribution < 1.29 is 0 Å². The van der Waals surface area contributed by atoms with E-state index < -0.39 is 0 Å². The zero-order valence-corrected chi connectivity index (χ0v) is 17.1. The first-order chi connectivity index (χ1) is 13.3. The average molecular weight is 387 g/mol. The molecule has 1 aromatic carbocycles. The van der Waals surface area contributed by atoms with Gasteiger partial charge in [0.15, 0.2) is 11.8 Å². The molecular formula is C20H30N6S. The van der Waals surface area contributed by atoms with E-state index in [2.05, 4.69) is 63.5 Å². The Labute approximate surface area is 166 Å². The number of nitrogens with zero attached hydrogens (tertiary/aromatic N) is 4. The number of thioether (sulfide) groups is 1. The summed E-state index contributed by atoms with van der Waals surface area (Å²) in [5.41, 5.74) is 0. The Kier molecular flexibility index (Phi) is 7.56. The van der Waals surface area contributed by atoms with Gasteiger partial charge in [-0.3, -0.25) is 0 Å². The third-order valence-corrected chi connectivity index (χ3v) is 5.66. The quantitative estimate of drug-likeness (QED) is 0.434. The molecular weight excluding hydrogens is 356 g/mol. The fraction of sp³-hybridized carbons (Fsp3) is 0.550. The van der Waals surface area contributed by atoms with Crippen LogP contribution in [0, 0.1) is 0 Å². The molecule has 0 saturated heterocycles. The number of hydrogen-bond donors (Lipinski definition) is 2. The van der Waals surface area contributed by atoms with Gasteiger partial charge in [0.05, 0.1) is 0 Å². The number of nitrogens with one attached hydrogen (secondary N) is 2. The van der Waals surface area contributed by atoms with Crippen LogP contribution < -0.4 is 10.6 Å². The molecule has 0 fully saturated rings. The highest BCUT2D eigenvalue weighted by molar-refractivity contribution is 8.00. The standard InChI is InChI=1S/C20H30N6S/c1-3-21-20(22-14-16(2)27-17-10-6-4-7-11-17)23-15-19-25-24-18-12-8-5-9-13-26(18)19/h4,6-7,10-11,16H,3,5,8-9,12-15H2,1-2H3,(H2,21,22,23). The highest BCUT2D eigenvalue weighted by Gasteiger charge is 2.14. The third kappa shape index (κ3) is 5.99. The Morgan fingerprint density at radius 1 is 1.19 bits per heavy atom. The largest absolute Gasteiger partial charge is 0.357 e. The lowest BCUT2D eigenvalue weighted by molar-refractivity contribution is 0.605. The maximum atomic E-state index is 4.74. The number of guanidine groups is 1. The van der Waals surface area contributed by atoms with Gasteiger partial charge in [-0.15, -0.1) is 22.0 Å². The Hall–Kier alpha value is -2.02. The molecule has 0 saturated carbocycles. The van der Waals surface area contributed by atoms with Crippen molar-refractivity contribution in [1.82, 2.24) is 25.4 Å². The summed E-state index contributed by atoms with van der Waals surface area (Å²) in [5.74, 6) is 2.92. The Bertz CT molecular complexity index is 727. The normalized spacial score (nSPS) is 15.7. The van der Waals surface area contributed by atoms with Gasteiger partial charge in [0.1, 0.15) is 12.4 Å². The molecule has 0 bridgehead atoms. The summed E-state index contributed by atoms with van der Waals surface area (Å²) < 4.78 is 2.26. The van der Waals surface area contributed by atoms with Crippen LogP contribution >= 0.6 is 11.8 Å². The first-order valence-corrected chi connectivity index (χ1v) is 10.8. The van der Waals surface area contributed by atoms with E-state index in [0.29, 0.717) is 11.8 Å². The topological polar surface area (TPSA) is 67.1 Å². The number of aryl methyl sites for hydroxylation is 1. The van der Waals surface area contributed by atoms with Crippen LogP contribution in [-0.2, 0) is 19.5 Å². The minimum absolute atomic E-state index is 0.445. The molecule has 7 heteroatoms. The molecule has 0 amide bonds. The zero-order chi connectivity index (χ0) is 18.9. The molecule has 1 atom stereocenters. The summed E-state index contributed by atoms with van der Waals surface area (Å²) in [4.78, 5) is 6.03. The molecule has 1 aliphatic heterocycles. The number of fused-ring (bicyclic) bond motifs is 1. The van der Waals surface area contributed by atoms with Gasteiger partial charge in [0.25, 0.3) is 0 Å². The molecule has 27 heavy (non-hydrogen) atoms. The molecule has 2 N–H and O–H groups in total. The third-order valence-electron chi connectivity index (χ3n) is 4.55. The number of rotatable bonds is 7. The minimum Gasteiger partial charge on any atom is -0.357 e. The van der Waals surface area contributed by atoms with Crippen molar-refractivity contribution in [3.8, 4) is 0 Å². The van der Waals surface area contributed by atoms with Crippen LogP contribution in [0.15, 0.2) is 40.2 Å². The van der Waals surface area contributed by atoms with Crippen LogP contribution in [0.25, 0.3) is 0 Å². The molecule has 0 radical (unpaired) electrons. The van der Waals surface area contributed by atoms with E-state index >= 15 is 0 Å². The van der Waals surface area contributed by atoms with Gasteiger partial charge in [-0.05, 0) is 31.9 Å². The van der Waals surface area contributed by atoms with E-state index in [0.717, 1.165) is 43.7 Å². The summed E-state index contributed by atoms with van der Waals surface area (Å²) in [6.45, 7) is 7.58. The fourth-order valence-corrected chi connectivity index (χ4v) is 4.11. The second-order valence-corrected chi connectivity index (χ2v) is 8.32. The van der Waals surface area contributed by atoms with E-state index in [1.807, 2.05) is 17.8 Å². The van der Waals surface area contributed by atoms with E-state index in [9.17, 15) is 0 Å². The van der Waals surface area contributed by atoms with Gasteiger partial charge in [0, 0.05) is 36.2 Å². The van der Waals surface area contributed by atoms with Crippen molar-refractivity contribution in [3.05, 3.63) is 42.0 Å². The number of aliphatic imine (C=N–C) groups is 1. The lowest BCUT2D eigenvalue weighted by Gasteiger charge is -2.15. The first kappa shape index (κ1) is 19.7. The summed E-state index contributed by atoms with van der Waals surface area (Å²) in [5, 5.41) is 16.0. The smallest absolute Gasteiger partial charge is 0.191 e. The van der Waals surface area contributed by atoms with E-state index in [1.165, 1.54) is 24.2 Å². The predicted molar refractivity (Wildman–Crippen MR) is 112 cm³/mol. The second kappa shape index (κ2) is 10.3. The Morgan fingerprint density at radius 2 is 2.04 bits per heavy atom. The van der Waals surface area contributed by atoms with Crippen molar-refractivity contribution in [2.24, 2.45) is 4.99 Å². The predicted octanol–water partition coefficient (Wildman–Crippen LogP) is 3.24. The summed E-state index contributed by atoms with van der Waals surface area (Å²) in [6, 6.07) is 10.5. The molecule has 0 spiro atoms. The number of hydrogen-bond acceptors (Lipinski definition) is 4. The zero-order valence-electron chi connectivity index (χ0n) is 16.3. The first-order valence-electron chi connectivity index (χ1n) is 9.91. The molecule has 2 heterocycles. The molecule has 1 aliphatic rings. The Balaban J connectivity index is 1.56. The van der Waals surface area contributed by atoms with Crippen molar-refractivity contribution in [2.75, 3.05) is 13.1 Å². The molecule has 1 aromatic heterocycles. The molecule has 146 valence electrons. The van der Waals surface area contributed by atoms with Crippen LogP contribution in [0.3, 0.4) is 0 Å². The highest BCUT2D eigenvalue weighted by atomic mass is 32.2. The van der Waals surface area contributed by atoms with E-state index in [4.69, 9.17) is 4.99 Å². The van der Waals surface area contributed by atoms with Crippen molar-refractivity contribution in [1.29, 1.82) is 0 Å². The Morgan fingerprint density at radius 3 is 2.85 bits per heavy atom. The second-order valence-electron chi connectivity index (χ2n) is 6.81. The summed E-state index contributed by atoms with van der Waals surface area (Å²) >= 11 is 1.87. The molecule has 3 rings (SSSR count). The molecule has 6 nitrogen and oxygen atoms in total. The van der Waals surface area contributed by atoms with Crippen LogP contribution in [0.5, 0.6) is 0 Å². The van der Waals surface area contributed by atoms with Gasteiger partial charge >= 0.3 is 0 Å². The van der Waals surface area contributed by atoms with Crippen LogP contribution in [0.2, 0.25) is 0 Å². The van der Waals surface area contributed by atoms with Gasteiger partial charge in [-0.25, -0.2) is 4.99 Å². The van der Waals surface area contributed by atoms with E-state index in [1.54, 1.807) is 0 Å². The van der Waals surface area contributed by atoms with Crippen molar-refractivity contribution >= 4 is 17.7 Å². The maximum absolute atomic E-state index is 4.74.